The maximum Gasteiger partial charge on any atom is 0.220 e. The summed E-state index contributed by atoms with van der Waals surface area (Å²) in [5.74, 6) is 0.0622. The number of aromatic nitrogens is 2. The number of aryl methyl sites for hydroxylation is 1. The van der Waals surface area contributed by atoms with Crippen molar-refractivity contribution in [2.45, 2.75) is 19.4 Å². The molecule has 0 unspecified atom stereocenters. The Kier molecular flexibility index (Phi) is 5.11. The molecule has 0 aliphatic carbocycles. The van der Waals surface area contributed by atoms with E-state index in [-0.39, 0.29) is 5.91 Å². The lowest BCUT2D eigenvalue weighted by Crippen LogP contribution is -2.22. The molecule has 3 rings (SSSR count). The van der Waals surface area contributed by atoms with Crippen molar-refractivity contribution in [3.8, 4) is 11.4 Å². The first-order chi connectivity index (χ1) is 11.3. The van der Waals surface area contributed by atoms with Gasteiger partial charge in [-0.1, -0.05) is 18.2 Å². The molecule has 1 amide bonds. The average molecular weight is 323 g/mol. The van der Waals surface area contributed by atoms with Gasteiger partial charge in [0.05, 0.1) is 11.4 Å². The van der Waals surface area contributed by atoms with Crippen molar-refractivity contribution in [2.75, 3.05) is 0 Å². The summed E-state index contributed by atoms with van der Waals surface area (Å²) in [5.41, 5.74) is 2.66. The molecule has 0 fully saturated rings. The van der Waals surface area contributed by atoms with E-state index in [0.717, 1.165) is 23.4 Å². The normalized spacial score (nSPS) is 10.4. The van der Waals surface area contributed by atoms with Gasteiger partial charge in [-0.25, -0.2) is 0 Å². The van der Waals surface area contributed by atoms with E-state index in [1.54, 1.807) is 23.7 Å². The number of carbonyl (C=O) groups excluding carboxylic acids is 1. The molecule has 3 aromatic rings. The van der Waals surface area contributed by atoms with Gasteiger partial charge in [-0.3, -0.25) is 14.8 Å². The summed E-state index contributed by atoms with van der Waals surface area (Å²) in [6, 6.07) is 13.7. The number of rotatable bonds is 6. The van der Waals surface area contributed by atoms with Crippen LogP contribution in [0.3, 0.4) is 0 Å². The largest absolute Gasteiger partial charge is 0.352 e. The van der Waals surface area contributed by atoms with Crippen LogP contribution in [-0.2, 0) is 17.8 Å². The average Bonchev–Trinajstić information content (AvgIpc) is 3.13. The Hall–Kier alpha value is -2.53. The first-order valence-corrected chi connectivity index (χ1v) is 8.34. The van der Waals surface area contributed by atoms with Gasteiger partial charge in [0.1, 0.15) is 0 Å². The van der Waals surface area contributed by atoms with Crippen molar-refractivity contribution in [1.82, 2.24) is 15.3 Å². The monoisotopic (exact) mass is 323 g/mol. The van der Waals surface area contributed by atoms with Gasteiger partial charge in [-0.15, -0.1) is 11.3 Å². The minimum atomic E-state index is 0.0622. The zero-order chi connectivity index (χ0) is 15.9. The number of nitrogens with one attached hydrogen (secondary N) is 1. The van der Waals surface area contributed by atoms with Gasteiger partial charge in [0, 0.05) is 30.2 Å². The van der Waals surface area contributed by atoms with E-state index in [9.17, 15) is 4.79 Å². The predicted octanol–water partition coefficient (Wildman–Crippen LogP) is 3.45. The topological polar surface area (TPSA) is 54.9 Å². The summed E-state index contributed by atoms with van der Waals surface area (Å²) in [4.78, 5) is 21.8. The predicted molar refractivity (Wildman–Crippen MR) is 92.0 cm³/mol. The lowest BCUT2D eigenvalue weighted by Gasteiger charge is -2.06. The van der Waals surface area contributed by atoms with E-state index in [1.807, 2.05) is 41.8 Å². The van der Waals surface area contributed by atoms with E-state index >= 15 is 0 Å². The van der Waals surface area contributed by atoms with Gasteiger partial charge < -0.3 is 5.32 Å². The Morgan fingerprint density at radius 3 is 2.65 bits per heavy atom. The van der Waals surface area contributed by atoms with Gasteiger partial charge in [0.25, 0.3) is 0 Å². The fourth-order valence-corrected chi connectivity index (χ4v) is 2.88. The van der Waals surface area contributed by atoms with Crippen LogP contribution < -0.4 is 5.32 Å². The molecule has 5 heteroatoms. The van der Waals surface area contributed by atoms with Crippen LogP contribution in [0.15, 0.2) is 60.2 Å². The summed E-state index contributed by atoms with van der Waals surface area (Å²) in [6.07, 6.45) is 4.84. The van der Waals surface area contributed by atoms with Crippen LogP contribution in [0.5, 0.6) is 0 Å². The smallest absolute Gasteiger partial charge is 0.220 e. The molecule has 1 N–H and O–H groups in total. The molecule has 0 aliphatic heterocycles. The highest BCUT2D eigenvalue weighted by molar-refractivity contribution is 7.09. The number of hydrogen-bond donors (Lipinski definition) is 1. The molecule has 0 aliphatic rings. The molecular weight excluding hydrogens is 306 g/mol. The minimum absolute atomic E-state index is 0.0622. The highest BCUT2D eigenvalue weighted by atomic mass is 32.1. The Balaban J connectivity index is 1.49. The molecule has 0 atom stereocenters. The maximum atomic E-state index is 11.9. The molecule has 0 bridgehead atoms. The molecule has 0 saturated heterocycles. The van der Waals surface area contributed by atoms with Crippen LogP contribution in [0, 0.1) is 0 Å². The summed E-state index contributed by atoms with van der Waals surface area (Å²) >= 11 is 1.68. The SMILES string of the molecule is O=C(CCc1cccs1)NCc1ccc(-c2ccccn2)nc1. The summed E-state index contributed by atoms with van der Waals surface area (Å²) < 4.78 is 0. The second-order valence-electron chi connectivity index (χ2n) is 5.12. The van der Waals surface area contributed by atoms with Gasteiger partial charge in [0.15, 0.2) is 0 Å². The first-order valence-electron chi connectivity index (χ1n) is 7.47. The second kappa shape index (κ2) is 7.65. The summed E-state index contributed by atoms with van der Waals surface area (Å²) in [6.45, 7) is 0.499. The summed E-state index contributed by atoms with van der Waals surface area (Å²) in [7, 11) is 0. The Morgan fingerprint density at radius 2 is 1.96 bits per heavy atom. The number of pyridine rings is 2. The molecule has 3 heterocycles. The molecular formula is C18H17N3OS. The van der Waals surface area contributed by atoms with Crippen molar-refractivity contribution in [3.63, 3.8) is 0 Å². The van der Waals surface area contributed by atoms with Crippen molar-refractivity contribution in [2.24, 2.45) is 0 Å². The van der Waals surface area contributed by atoms with Gasteiger partial charge in [-0.2, -0.15) is 0 Å². The van der Waals surface area contributed by atoms with Crippen molar-refractivity contribution >= 4 is 17.2 Å². The van der Waals surface area contributed by atoms with Gasteiger partial charge in [0.2, 0.25) is 5.91 Å². The van der Waals surface area contributed by atoms with Crippen LogP contribution >= 0.6 is 11.3 Å². The molecule has 4 nitrogen and oxygen atoms in total. The van der Waals surface area contributed by atoms with Crippen molar-refractivity contribution in [3.05, 3.63) is 70.7 Å². The molecule has 3 aromatic heterocycles. The van der Waals surface area contributed by atoms with Crippen LogP contribution in [-0.4, -0.2) is 15.9 Å². The van der Waals surface area contributed by atoms with Crippen LogP contribution in [0.2, 0.25) is 0 Å². The maximum absolute atomic E-state index is 11.9. The number of amides is 1. The van der Waals surface area contributed by atoms with Crippen LogP contribution in [0.4, 0.5) is 0 Å². The van der Waals surface area contributed by atoms with E-state index in [1.165, 1.54) is 4.88 Å². The zero-order valence-corrected chi connectivity index (χ0v) is 13.4. The lowest BCUT2D eigenvalue weighted by molar-refractivity contribution is -0.121. The van der Waals surface area contributed by atoms with E-state index in [0.29, 0.717) is 13.0 Å². The molecule has 0 radical (unpaired) electrons. The third-order valence-corrected chi connectivity index (χ3v) is 4.36. The lowest BCUT2D eigenvalue weighted by atomic mass is 10.2. The zero-order valence-electron chi connectivity index (χ0n) is 12.6. The third kappa shape index (κ3) is 4.47. The molecule has 0 saturated carbocycles. The fraction of sp³-hybridized carbons (Fsp3) is 0.167. The summed E-state index contributed by atoms with van der Waals surface area (Å²) in [5, 5.41) is 4.96. The highest BCUT2D eigenvalue weighted by Crippen LogP contribution is 2.13. The van der Waals surface area contributed by atoms with E-state index in [4.69, 9.17) is 0 Å². The number of hydrogen-bond acceptors (Lipinski definition) is 4. The Labute approximate surface area is 139 Å². The first kappa shape index (κ1) is 15.4. The fourth-order valence-electron chi connectivity index (χ4n) is 2.18. The Bertz CT molecular complexity index is 740. The standard InChI is InChI=1S/C18H17N3OS/c22-18(9-7-15-4-3-11-23-15)21-13-14-6-8-17(20-12-14)16-5-1-2-10-19-16/h1-6,8,10-12H,7,9,13H2,(H,21,22). The highest BCUT2D eigenvalue weighted by Gasteiger charge is 2.04. The van der Waals surface area contributed by atoms with Crippen LogP contribution in [0.1, 0.15) is 16.9 Å². The number of nitrogens with zero attached hydrogens (tertiary/aromatic N) is 2. The van der Waals surface area contributed by atoms with Crippen molar-refractivity contribution in [1.29, 1.82) is 0 Å². The Morgan fingerprint density at radius 1 is 1.04 bits per heavy atom. The van der Waals surface area contributed by atoms with E-state index < -0.39 is 0 Å². The quantitative estimate of drug-likeness (QED) is 0.756. The molecule has 0 spiro atoms. The molecule has 0 aromatic carbocycles. The third-order valence-electron chi connectivity index (χ3n) is 3.42. The number of carbonyl (C=O) groups is 1. The van der Waals surface area contributed by atoms with Gasteiger partial charge in [-0.05, 0) is 41.6 Å². The van der Waals surface area contributed by atoms with Crippen LogP contribution in [0.25, 0.3) is 11.4 Å². The molecule has 23 heavy (non-hydrogen) atoms. The minimum Gasteiger partial charge on any atom is -0.352 e. The van der Waals surface area contributed by atoms with Crippen molar-refractivity contribution < 1.29 is 4.79 Å². The second-order valence-corrected chi connectivity index (χ2v) is 6.16. The number of thiophene rings is 1. The van der Waals surface area contributed by atoms with Gasteiger partial charge >= 0.3 is 0 Å². The van der Waals surface area contributed by atoms with E-state index in [2.05, 4.69) is 21.4 Å². The molecule has 116 valence electrons.